The molecule has 3 N–H and O–H groups in total. The molecule has 3 heterocycles. The molecule has 6 nitrogen and oxygen atoms in total. The van der Waals surface area contributed by atoms with Gasteiger partial charge < -0.3 is 11.1 Å². The summed E-state index contributed by atoms with van der Waals surface area (Å²) in [5, 5.41) is 8.00. The van der Waals surface area contributed by atoms with Gasteiger partial charge in [0.25, 0.3) is 5.91 Å². The minimum Gasteiger partial charge on any atom is -0.366 e. The van der Waals surface area contributed by atoms with Gasteiger partial charge in [0, 0.05) is 29.4 Å². The van der Waals surface area contributed by atoms with E-state index in [0.717, 1.165) is 16.1 Å². The van der Waals surface area contributed by atoms with E-state index in [-0.39, 0.29) is 0 Å². The second-order valence-electron chi connectivity index (χ2n) is 4.91. The monoisotopic (exact) mass is 313 g/mol. The molecular weight excluding hydrogens is 298 g/mol. The van der Waals surface area contributed by atoms with Crippen molar-refractivity contribution in [2.24, 2.45) is 12.8 Å². The molecule has 0 aliphatic rings. The summed E-state index contributed by atoms with van der Waals surface area (Å²) in [6.07, 6.45) is 3.65. The van der Waals surface area contributed by atoms with Gasteiger partial charge in [0.1, 0.15) is 10.8 Å². The van der Waals surface area contributed by atoms with E-state index in [9.17, 15) is 4.79 Å². The third-order valence-electron chi connectivity index (χ3n) is 3.12. The van der Waals surface area contributed by atoms with Gasteiger partial charge in [0.05, 0.1) is 11.8 Å². The van der Waals surface area contributed by atoms with Gasteiger partial charge in [0.15, 0.2) is 0 Å². The number of aromatic nitrogens is 3. The fourth-order valence-corrected chi connectivity index (χ4v) is 3.13. The lowest BCUT2D eigenvalue weighted by atomic mass is 10.2. The molecule has 0 unspecified atom stereocenters. The number of rotatable bonds is 4. The molecule has 22 heavy (non-hydrogen) atoms. The van der Waals surface area contributed by atoms with Crippen molar-refractivity contribution in [1.29, 1.82) is 0 Å². The number of aryl methyl sites for hydroxylation is 2. The molecule has 0 spiro atoms. The van der Waals surface area contributed by atoms with E-state index in [1.807, 2.05) is 38.4 Å². The molecule has 3 aromatic heterocycles. The first kappa shape index (κ1) is 14.3. The summed E-state index contributed by atoms with van der Waals surface area (Å²) >= 11 is 1.45. The Hall–Kier alpha value is -2.67. The Morgan fingerprint density at radius 2 is 2.23 bits per heavy atom. The van der Waals surface area contributed by atoms with Crippen molar-refractivity contribution in [3.05, 3.63) is 47.9 Å². The van der Waals surface area contributed by atoms with E-state index in [4.69, 9.17) is 5.73 Å². The topological polar surface area (TPSA) is 85.8 Å². The van der Waals surface area contributed by atoms with E-state index in [0.29, 0.717) is 16.4 Å². The van der Waals surface area contributed by atoms with E-state index >= 15 is 0 Å². The zero-order valence-corrected chi connectivity index (χ0v) is 13.0. The largest absolute Gasteiger partial charge is 0.366 e. The Kier molecular flexibility index (Phi) is 3.64. The average Bonchev–Trinajstić information content (AvgIpc) is 3.05. The van der Waals surface area contributed by atoms with Crippen molar-refractivity contribution in [1.82, 2.24) is 14.8 Å². The van der Waals surface area contributed by atoms with Crippen molar-refractivity contribution in [2.75, 3.05) is 5.32 Å². The summed E-state index contributed by atoms with van der Waals surface area (Å²) in [6, 6.07) is 7.45. The number of carbonyl (C=O) groups excluding carboxylic acids is 1. The molecule has 3 rings (SSSR count). The molecule has 0 saturated carbocycles. The molecule has 0 fully saturated rings. The highest BCUT2D eigenvalue weighted by Crippen LogP contribution is 2.36. The Morgan fingerprint density at radius 3 is 2.86 bits per heavy atom. The van der Waals surface area contributed by atoms with Gasteiger partial charge in [-0.15, -0.1) is 11.3 Å². The Bertz CT molecular complexity index is 836. The van der Waals surface area contributed by atoms with Crippen molar-refractivity contribution in [3.8, 4) is 10.4 Å². The summed E-state index contributed by atoms with van der Waals surface area (Å²) in [4.78, 5) is 17.0. The molecular formula is C15H15N5OS. The number of pyridine rings is 1. The minimum atomic E-state index is -0.471. The van der Waals surface area contributed by atoms with Gasteiger partial charge in [-0.25, -0.2) is 4.98 Å². The fourth-order valence-electron chi connectivity index (χ4n) is 2.09. The molecule has 112 valence electrons. The number of amides is 1. The molecule has 0 radical (unpaired) electrons. The number of hydrogen-bond donors (Lipinski definition) is 2. The smallest absolute Gasteiger partial charge is 0.251 e. The zero-order chi connectivity index (χ0) is 15.7. The highest BCUT2D eigenvalue weighted by atomic mass is 32.1. The van der Waals surface area contributed by atoms with Crippen molar-refractivity contribution in [2.45, 2.75) is 6.92 Å². The molecule has 0 aliphatic carbocycles. The van der Waals surface area contributed by atoms with Crippen LogP contribution in [0.1, 0.15) is 16.1 Å². The van der Waals surface area contributed by atoms with Gasteiger partial charge in [-0.05, 0) is 25.1 Å². The molecule has 0 saturated heterocycles. The third kappa shape index (κ3) is 2.84. The molecule has 0 aromatic carbocycles. The number of nitrogens with two attached hydrogens (primary N) is 1. The lowest BCUT2D eigenvalue weighted by molar-refractivity contribution is 0.100. The van der Waals surface area contributed by atoms with Crippen LogP contribution >= 0.6 is 11.3 Å². The average molecular weight is 313 g/mol. The Labute approximate surface area is 131 Å². The number of anilines is 2. The fraction of sp³-hybridized carbons (Fsp3) is 0.133. The van der Waals surface area contributed by atoms with E-state index in [1.54, 1.807) is 16.9 Å². The summed E-state index contributed by atoms with van der Waals surface area (Å²) in [5.74, 6) is 0.212. The number of hydrogen-bond acceptors (Lipinski definition) is 5. The summed E-state index contributed by atoms with van der Waals surface area (Å²) in [5.41, 5.74) is 7.77. The van der Waals surface area contributed by atoms with Gasteiger partial charge in [-0.1, -0.05) is 6.07 Å². The van der Waals surface area contributed by atoms with E-state index in [2.05, 4.69) is 15.4 Å². The van der Waals surface area contributed by atoms with Crippen LogP contribution < -0.4 is 11.1 Å². The number of primary amides is 1. The molecule has 0 bridgehead atoms. The van der Waals surface area contributed by atoms with Crippen molar-refractivity contribution >= 4 is 28.1 Å². The van der Waals surface area contributed by atoms with Crippen LogP contribution in [0.25, 0.3) is 10.4 Å². The summed E-state index contributed by atoms with van der Waals surface area (Å²) in [7, 11) is 1.85. The summed E-state index contributed by atoms with van der Waals surface area (Å²) in [6.45, 7) is 1.91. The predicted molar refractivity (Wildman–Crippen MR) is 87.3 cm³/mol. The van der Waals surface area contributed by atoms with Crippen LogP contribution in [-0.4, -0.2) is 20.7 Å². The van der Waals surface area contributed by atoms with Gasteiger partial charge >= 0.3 is 0 Å². The molecule has 0 aliphatic heterocycles. The standard InChI is InChI=1S/C15H15N5OS/c1-9-4-3-5-13(18-9)19-15-11(14(16)21)6-12(22-15)10-7-17-20(2)8-10/h3-8H,1-2H3,(H2,16,21)(H,18,19). The Balaban J connectivity index is 1.99. The number of nitrogens with zero attached hydrogens (tertiary/aromatic N) is 3. The first-order valence-electron chi connectivity index (χ1n) is 6.66. The normalized spacial score (nSPS) is 10.6. The van der Waals surface area contributed by atoms with Crippen LogP contribution in [0.15, 0.2) is 36.7 Å². The minimum absolute atomic E-state index is 0.451. The van der Waals surface area contributed by atoms with Crippen LogP contribution in [0.3, 0.4) is 0 Å². The maximum absolute atomic E-state index is 11.7. The molecule has 7 heteroatoms. The van der Waals surface area contributed by atoms with Crippen LogP contribution in [0.4, 0.5) is 10.8 Å². The Morgan fingerprint density at radius 1 is 1.41 bits per heavy atom. The second kappa shape index (κ2) is 5.61. The predicted octanol–water partition coefficient (Wildman–Crippen LogP) is 2.69. The lowest BCUT2D eigenvalue weighted by Crippen LogP contribution is -2.11. The SMILES string of the molecule is Cc1cccc(Nc2sc(-c3cnn(C)c3)cc2C(N)=O)n1. The van der Waals surface area contributed by atoms with Crippen LogP contribution in [0, 0.1) is 6.92 Å². The molecule has 3 aromatic rings. The highest BCUT2D eigenvalue weighted by molar-refractivity contribution is 7.19. The maximum atomic E-state index is 11.7. The van der Waals surface area contributed by atoms with Crippen molar-refractivity contribution < 1.29 is 4.79 Å². The number of carbonyl (C=O) groups is 1. The van der Waals surface area contributed by atoms with E-state index in [1.165, 1.54) is 11.3 Å². The van der Waals surface area contributed by atoms with E-state index < -0.39 is 5.91 Å². The molecule has 0 atom stereocenters. The maximum Gasteiger partial charge on any atom is 0.251 e. The first-order valence-corrected chi connectivity index (χ1v) is 7.48. The van der Waals surface area contributed by atoms with Gasteiger partial charge in [-0.2, -0.15) is 5.10 Å². The van der Waals surface area contributed by atoms with Crippen molar-refractivity contribution in [3.63, 3.8) is 0 Å². The first-order chi connectivity index (χ1) is 10.5. The van der Waals surface area contributed by atoms with Crippen LogP contribution in [-0.2, 0) is 7.05 Å². The number of thiophene rings is 1. The zero-order valence-electron chi connectivity index (χ0n) is 12.2. The highest BCUT2D eigenvalue weighted by Gasteiger charge is 2.16. The lowest BCUT2D eigenvalue weighted by Gasteiger charge is -2.05. The third-order valence-corrected chi connectivity index (χ3v) is 4.22. The van der Waals surface area contributed by atoms with Crippen LogP contribution in [0.5, 0.6) is 0 Å². The molecule has 1 amide bonds. The van der Waals surface area contributed by atoms with Gasteiger partial charge in [-0.3, -0.25) is 9.48 Å². The van der Waals surface area contributed by atoms with Crippen LogP contribution in [0.2, 0.25) is 0 Å². The quantitative estimate of drug-likeness (QED) is 0.775. The summed E-state index contributed by atoms with van der Waals surface area (Å²) < 4.78 is 1.72. The second-order valence-corrected chi connectivity index (χ2v) is 5.96. The number of nitrogens with one attached hydrogen (secondary N) is 1. The van der Waals surface area contributed by atoms with Gasteiger partial charge in [0.2, 0.25) is 0 Å².